The zero-order chi connectivity index (χ0) is 14.1. The Morgan fingerprint density at radius 3 is 2.45 bits per heavy atom. The minimum Gasteiger partial charge on any atom is -0.496 e. The molecule has 20 heavy (non-hydrogen) atoms. The lowest BCUT2D eigenvalue weighted by Gasteiger charge is -2.15. The number of rotatable bonds is 3. The Bertz CT molecular complexity index is 748. The van der Waals surface area contributed by atoms with Crippen molar-refractivity contribution in [3.63, 3.8) is 0 Å². The van der Waals surface area contributed by atoms with Gasteiger partial charge in [0.15, 0.2) is 4.67 Å². The van der Waals surface area contributed by atoms with Crippen LogP contribution in [-0.2, 0) is 0 Å². The summed E-state index contributed by atoms with van der Waals surface area (Å²) >= 11 is 3.31. The number of hydrogen-bond donors (Lipinski definition) is 1. The van der Waals surface area contributed by atoms with E-state index < -0.39 is 6.10 Å². The molecule has 0 spiro atoms. The van der Waals surface area contributed by atoms with Crippen LogP contribution >= 0.6 is 15.9 Å². The fraction of sp³-hybridized carbons (Fsp3) is 0.125. The van der Waals surface area contributed by atoms with Crippen LogP contribution in [0.3, 0.4) is 0 Å². The minimum atomic E-state index is -0.751. The van der Waals surface area contributed by atoms with Crippen molar-refractivity contribution in [2.75, 3.05) is 7.11 Å². The third-order valence-corrected chi connectivity index (χ3v) is 4.02. The number of hydrogen-bond acceptors (Lipinski definition) is 3. The smallest absolute Gasteiger partial charge is 0.175 e. The zero-order valence-electron chi connectivity index (χ0n) is 10.8. The average Bonchev–Trinajstić information content (AvgIpc) is 2.91. The largest absolute Gasteiger partial charge is 0.496 e. The highest BCUT2D eigenvalue weighted by Crippen LogP contribution is 2.36. The predicted octanol–water partition coefficient (Wildman–Crippen LogP) is 4.29. The number of aliphatic hydroxyl groups excluding tert-OH is 1. The van der Waals surface area contributed by atoms with Gasteiger partial charge in [-0.2, -0.15) is 0 Å². The molecule has 1 aromatic heterocycles. The molecule has 0 fully saturated rings. The van der Waals surface area contributed by atoms with Crippen molar-refractivity contribution in [1.82, 2.24) is 0 Å². The van der Waals surface area contributed by atoms with Crippen LogP contribution in [0.1, 0.15) is 17.2 Å². The Morgan fingerprint density at radius 1 is 1.05 bits per heavy atom. The van der Waals surface area contributed by atoms with E-state index in [9.17, 15) is 5.11 Å². The maximum atomic E-state index is 10.6. The second-order valence-electron chi connectivity index (χ2n) is 4.45. The summed E-state index contributed by atoms with van der Waals surface area (Å²) in [6.07, 6.45) is 0.799. The summed E-state index contributed by atoms with van der Waals surface area (Å²) in [5, 5.41) is 12.5. The Kier molecular flexibility index (Phi) is 3.51. The molecule has 1 N–H and O–H groups in total. The van der Waals surface area contributed by atoms with Crippen LogP contribution in [0, 0.1) is 0 Å². The summed E-state index contributed by atoms with van der Waals surface area (Å²) in [6.45, 7) is 0. The number of benzene rings is 2. The highest BCUT2D eigenvalue weighted by molar-refractivity contribution is 9.10. The number of halogens is 1. The molecule has 0 bridgehead atoms. The first-order valence-corrected chi connectivity index (χ1v) is 6.98. The van der Waals surface area contributed by atoms with Gasteiger partial charge in [0.1, 0.15) is 11.9 Å². The lowest BCUT2D eigenvalue weighted by Crippen LogP contribution is -2.00. The first-order valence-electron chi connectivity index (χ1n) is 6.19. The molecular weight excluding hydrogens is 320 g/mol. The molecule has 2 aromatic carbocycles. The minimum absolute atomic E-state index is 0.546. The van der Waals surface area contributed by atoms with E-state index in [1.54, 1.807) is 19.4 Å². The third-order valence-electron chi connectivity index (χ3n) is 3.37. The molecule has 0 amide bonds. The van der Waals surface area contributed by atoms with Crippen LogP contribution < -0.4 is 4.74 Å². The quantitative estimate of drug-likeness (QED) is 0.778. The standard InChI is InChI=1S/C16H13BrO3/c1-19-14-7-6-12(10-4-2-3-5-11(10)14)15(18)13-8-9-20-16(13)17/h2-9,15,18H,1H3. The SMILES string of the molecule is COc1ccc(C(O)c2ccoc2Br)c2ccccc12. The van der Waals surface area contributed by atoms with Gasteiger partial charge >= 0.3 is 0 Å². The normalized spacial score (nSPS) is 12.6. The molecule has 1 unspecified atom stereocenters. The number of methoxy groups -OCH3 is 1. The van der Waals surface area contributed by atoms with Gasteiger partial charge in [-0.25, -0.2) is 0 Å². The van der Waals surface area contributed by atoms with Gasteiger partial charge in [-0.1, -0.05) is 30.3 Å². The molecule has 0 saturated carbocycles. The van der Waals surface area contributed by atoms with Gasteiger partial charge in [0, 0.05) is 10.9 Å². The van der Waals surface area contributed by atoms with E-state index in [2.05, 4.69) is 15.9 Å². The molecule has 0 aliphatic heterocycles. The molecule has 0 aliphatic carbocycles. The van der Waals surface area contributed by atoms with Crippen LogP contribution in [-0.4, -0.2) is 12.2 Å². The Hall–Kier alpha value is -1.78. The van der Waals surface area contributed by atoms with Gasteiger partial charge in [0.25, 0.3) is 0 Å². The average molecular weight is 333 g/mol. The molecule has 3 rings (SSSR count). The highest BCUT2D eigenvalue weighted by Gasteiger charge is 2.19. The molecule has 1 atom stereocenters. The van der Waals surface area contributed by atoms with Crippen molar-refractivity contribution in [2.45, 2.75) is 6.10 Å². The number of fused-ring (bicyclic) bond motifs is 1. The Balaban J connectivity index is 2.20. The number of aliphatic hydroxyl groups is 1. The van der Waals surface area contributed by atoms with Crippen LogP contribution in [0.5, 0.6) is 5.75 Å². The third kappa shape index (κ3) is 2.11. The second-order valence-corrected chi connectivity index (χ2v) is 5.18. The number of furan rings is 1. The molecule has 3 nitrogen and oxygen atoms in total. The molecule has 0 aliphatic rings. The van der Waals surface area contributed by atoms with E-state index in [0.717, 1.165) is 22.1 Å². The summed E-state index contributed by atoms with van der Waals surface area (Å²) in [7, 11) is 1.64. The molecule has 1 heterocycles. The first kappa shape index (κ1) is 13.2. The zero-order valence-corrected chi connectivity index (χ0v) is 12.4. The van der Waals surface area contributed by atoms with E-state index in [4.69, 9.17) is 9.15 Å². The van der Waals surface area contributed by atoms with E-state index in [1.165, 1.54) is 0 Å². The highest BCUT2D eigenvalue weighted by atomic mass is 79.9. The predicted molar refractivity (Wildman–Crippen MR) is 81.0 cm³/mol. The lowest BCUT2D eigenvalue weighted by molar-refractivity contribution is 0.219. The number of ether oxygens (including phenoxy) is 1. The van der Waals surface area contributed by atoms with E-state index >= 15 is 0 Å². The van der Waals surface area contributed by atoms with Gasteiger partial charge in [-0.15, -0.1) is 0 Å². The maximum Gasteiger partial charge on any atom is 0.175 e. The van der Waals surface area contributed by atoms with Crippen LogP contribution in [0.15, 0.2) is 57.8 Å². The van der Waals surface area contributed by atoms with Crippen molar-refractivity contribution < 1.29 is 14.3 Å². The van der Waals surface area contributed by atoms with Gasteiger partial charge in [-0.3, -0.25) is 0 Å². The summed E-state index contributed by atoms with van der Waals surface area (Å²) in [5.74, 6) is 0.794. The monoisotopic (exact) mass is 332 g/mol. The van der Waals surface area contributed by atoms with Crippen molar-refractivity contribution in [2.24, 2.45) is 0 Å². The molecular formula is C16H13BrO3. The van der Waals surface area contributed by atoms with Crippen molar-refractivity contribution in [3.05, 3.63) is 64.5 Å². The van der Waals surface area contributed by atoms with Gasteiger partial charge in [0.05, 0.1) is 13.4 Å². The Morgan fingerprint density at radius 2 is 1.80 bits per heavy atom. The molecule has 3 aromatic rings. The first-order chi connectivity index (χ1) is 9.72. The fourth-order valence-corrected chi connectivity index (χ4v) is 2.83. The molecule has 0 radical (unpaired) electrons. The molecule has 4 heteroatoms. The maximum absolute atomic E-state index is 10.6. The lowest BCUT2D eigenvalue weighted by atomic mass is 9.97. The fourth-order valence-electron chi connectivity index (χ4n) is 2.38. The van der Waals surface area contributed by atoms with Crippen LogP contribution in [0.4, 0.5) is 0 Å². The van der Waals surface area contributed by atoms with E-state index in [-0.39, 0.29) is 0 Å². The van der Waals surface area contributed by atoms with Gasteiger partial charge in [-0.05, 0) is 39.0 Å². The topological polar surface area (TPSA) is 42.6 Å². The van der Waals surface area contributed by atoms with Gasteiger partial charge < -0.3 is 14.3 Å². The second kappa shape index (κ2) is 5.31. The molecule has 102 valence electrons. The summed E-state index contributed by atoms with van der Waals surface area (Å²) in [6, 6.07) is 13.4. The van der Waals surface area contributed by atoms with E-state index in [1.807, 2.05) is 36.4 Å². The molecule has 0 saturated heterocycles. The van der Waals surface area contributed by atoms with Crippen molar-refractivity contribution >= 4 is 26.7 Å². The van der Waals surface area contributed by atoms with Crippen LogP contribution in [0.2, 0.25) is 0 Å². The van der Waals surface area contributed by atoms with Crippen LogP contribution in [0.25, 0.3) is 10.8 Å². The van der Waals surface area contributed by atoms with E-state index in [0.29, 0.717) is 10.2 Å². The van der Waals surface area contributed by atoms with Crippen molar-refractivity contribution in [1.29, 1.82) is 0 Å². The van der Waals surface area contributed by atoms with Gasteiger partial charge in [0.2, 0.25) is 0 Å². The summed E-state index contributed by atoms with van der Waals surface area (Å²) in [4.78, 5) is 0. The van der Waals surface area contributed by atoms with Crippen molar-refractivity contribution in [3.8, 4) is 5.75 Å². The Labute approximate surface area is 124 Å². The summed E-state index contributed by atoms with van der Waals surface area (Å²) < 4.78 is 11.1. The summed E-state index contributed by atoms with van der Waals surface area (Å²) in [5.41, 5.74) is 1.53.